The van der Waals surface area contributed by atoms with Gasteiger partial charge in [-0.2, -0.15) is 0 Å². The maximum atomic E-state index is 10.8. The van der Waals surface area contributed by atoms with Crippen LogP contribution in [0.1, 0.15) is 25.3 Å². The molecule has 0 radical (unpaired) electrons. The van der Waals surface area contributed by atoms with Crippen LogP contribution < -0.4 is 4.74 Å². The number of para-hydroxylation sites is 1. The van der Waals surface area contributed by atoms with Crippen molar-refractivity contribution in [3.63, 3.8) is 0 Å². The maximum Gasteiger partial charge on any atom is 0.341 e. The number of hydrogen-bond donors (Lipinski definition) is 2. The molecule has 3 rings (SSSR count). The molecule has 1 saturated heterocycles. The van der Waals surface area contributed by atoms with Crippen molar-refractivity contribution in [2.24, 2.45) is 0 Å². The van der Waals surface area contributed by atoms with Gasteiger partial charge >= 0.3 is 5.97 Å². The molecule has 0 spiro atoms. The lowest BCUT2D eigenvalue weighted by atomic mass is 9.88. The lowest BCUT2D eigenvalue weighted by molar-refractivity contribution is -0.139. The molecule has 0 saturated carbocycles. The minimum absolute atomic E-state index is 0. The van der Waals surface area contributed by atoms with Gasteiger partial charge in [0.1, 0.15) is 5.75 Å². The van der Waals surface area contributed by atoms with E-state index in [1.165, 1.54) is 0 Å². The molecule has 1 aliphatic heterocycles. The third-order valence-electron chi connectivity index (χ3n) is 4.95. The van der Waals surface area contributed by atoms with Crippen LogP contribution in [-0.4, -0.2) is 60.5 Å². The van der Waals surface area contributed by atoms with Crippen LogP contribution in [0.25, 0.3) is 0 Å². The van der Waals surface area contributed by atoms with Crippen LogP contribution in [0.3, 0.4) is 0 Å². The second kappa shape index (κ2) is 14.0. The largest absolute Gasteiger partial charge is 0.482 e. The van der Waals surface area contributed by atoms with Crippen molar-refractivity contribution in [2.45, 2.75) is 25.4 Å². The third kappa shape index (κ3) is 9.13. The molecule has 0 aromatic heterocycles. The van der Waals surface area contributed by atoms with Crippen molar-refractivity contribution in [1.82, 2.24) is 4.90 Å². The van der Waals surface area contributed by atoms with Gasteiger partial charge in [-0.25, -0.2) is 4.79 Å². The van der Waals surface area contributed by atoms with Gasteiger partial charge in [-0.15, -0.1) is 12.4 Å². The number of rotatable bonds is 8. The second-order valence-electron chi connectivity index (χ2n) is 6.95. The average Bonchev–Trinajstić information content (AvgIpc) is 2.78. The first-order valence-electron chi connectivity index (χ1n) is 10.0. The summed E-state index contributed by atoms with van der Waals surface area (Å²) in [7, 11) is 0. The molecule has 6 nitrogen and oxygen atoms in total. The first-order valence-corrected chi connectivity index (χ1v) is 10.0. The second-order valence-corrected chi connectivity index (χ2v) is 6.95. The van der Waals surface area contributed by atoms with Crippen molar-refractivity contribution in [1.29, 1.82) is 0 Å². The highest BCUT2D eigenvalue weighted by molar-refractivity contribution is 5.85. The fourth-order valence-electron chi connectivity index (χ4n) is 3.10. The van der Waals surface area contributed by atoms with E-state index in [1.54, 1.807) is 24.3 Å². The maximum absolute atomic E-state index is 10.8. The van der Waals surface area contributed by atoms with Gasteiger partial charge in [0.15, 0.2) is 6.61 Å². The molecule has 1 unspecified atom stereocenters. The van der Waals surface area contributed by atoms with E-state index >= 15 is 0 Å². The van der Waals surface area contributed by atoms with Crippen LogP contribution >= 0.6 is 12.4 Å². The molecule has 1 aliphatic rings. The molecular weight excluding hydrogens is 406 g/mol. The number of aliphatic carboxylic acids is 1. The number of hydrogen-bond acceptors (Lipinski definition) is 5. The molecule has 166 valence electrons. The number of benzene rings is 2. The monoisotopic (exact) mass is 437 g/mol. The summed E-state index contributed by atoms with van der Waals surface area (Å²) in [6.45, 7) is 6.29. The summed E-state index contributed by atoms with van der Waals surface area (Å²) in [6, 6.07) is 18.8. The quantitative estimate of drug-likeness (QED) is 0.657. The SMILES string of the molecule is CCC(O)(CCN1CCOCC1)c1ccccc1.Cl.O=C(O)COc1ccccc1. The van der Waals surface area contributed by atoms with E-state index in [4.69, 9.17) is 14.6 Å². The Labute approximate surface area is 184 Å². The van der Waals surface area contributed by atoms with E-state index < -0.39 is 11.6 Å². The number of aliphatic hydroxyl groups is 1. The summed E-state index contributed by atoms with van der Waals surface area (Å²) in [5.74, 6) is -0.385. The standard InChI is InChI=1S/C15H23NO2.C8H8O3.ClH/c1-2-15(17,14-6-4-3-5-7-14)8-9-16-10-12-18-13-11-16;9-8(10)6-11-7-4-2-1-3-5-7;/h3-7,17H,2,8-13H2,1H3;1-5H,6H2,(H,9,10);1H. The van der Waals surface area contributed by atoms with Gasteiger partial charge in [-0.05, 0) is 30.5 Å². The summed E-state index contributed by atoms with van der Waals surface area (Å²) < 4.78 is 10.2. The highest BCUT2D eigenvalue weighted by Crippen LogP contribution is 2.28. The molecule has 1 atom stereocenters. The van der Waals surface area contributed by atoms with Crippen molar-refractivity contribution in [2.75, 3.05) is 39.5 Å². The van der Waals surface area contributed by atoms with Crippen LogP contribution in [0.15, 0.2) is 60.7 Å². The van der Waals surface area contributed by atoms with Gasteiger partial charge in [0, 0.05) is 19.6 Å². The zero-order valence-corrected chi connectivity index (χ0v) is 18.2. The molecular formula is C23H32ClNO5. The minimum atomic E-state index is -0.964. The van der Waals surface area contributed by atoms with Gasteiger partial charge in [-0.3, -0.25) is 4.90 Å². The van der Waals surface area contributed by atoms with Gasteiger partial charge in [0.2, 0.25) is 0 Å². The zero-order valence-electron chi connectivity index (χ0n) is 17.4. The Hall–Kier alpha value is -2.12. The number of carbonyl (C=O) groups is 1. The highest BCUT2D eigenvalue weighted by atomic mass is 35.5. The number of halogens is 1. The van der Waals surface area contributed by atoms with Crippen molar-refractivity contribution >= 4 is 18.4 Å². The smallest absolute Gasteiger partial charge is 0.341 e. The summed E-state index contributed by atoms with van der Waals surface area (Å²) >= 11 is 0. The highest BCUT2D eigenvalue weighted by Gasteiger charge is 2.27. The molecule has 2 aromatic rings. The lowest BCUT2D eigenvalue weighted by Crippen LogP contribution is -2.39. The number of carboxylic acids is 1. The Bertz CT molecular complexity index is 710. The first kappa shape index (κ1) is 25.9. The fraction of sp³-hybridized carbons (Fsp3) is 0.435. The van der Waals surface area contributed by atoms with Gasteiger partial charge in [0.25, 0.3) is 0 Å². The Morgan fingerprint density at radius 3 is 2.17 bits per heavy atom. The number of ether oxygens (including phenoxy) is 2. The van der Waals surface area contributed by atoms with Crippen LogP contribution in [0.4, 0.5) is 0 Å². The Balaban J connectivity index is 0.000000324. The third-order valence-corrected chi connectivity index (χ3v) is 4.95. The summed E-state index contributed by atoms with van der Waals surface area (Å²) in [4.78, 5) is 12.4. The van der Waals surface area contributed by atoms with E-state index in [1.807, 2.05) is 43.3 Å². The number of morpholine rings is 1. The molecule has 2 aromatic carbocycles. The fourth-order valence-corrected chi connectivity index (χ4v) is 3.10. The Morgan fingerprint density at radius 2 is 1.63 bits per heavy atom. The van der Waals surface area contributed by atoms with Crippen molar-refractivity contribution in [3.05, 3.63) is 66.2 Å². The normalized spacial score (nSPS) is 15.7. The molecule has 7 heteroatoms. The van der Waals surface area contributed by atoms with E-state index in [9.17, 15) is 9.90 Å². The summed E-state index contributed by atoms with van der Waals surface area (Å²) in [6.07, 6.45) is 1.54. The number of carboxylic acid groups (broad SMARTS) is 1. The lowest BCUT2D eigenvalue weighted by Gasteiger charge is -2.32. The van der Waals surface area contributed by atoms with Gasteiger partial charge in [-0.1, -0.05) is 55.5 Å². The Kier molecular flexibility index (Phi) is 12.1. The van der Waals surface area contributed by atoms with E-state index in [0.717, 1.165) is 51.3 Å². The van der Waals surface area contributed by atoms with Crippen LogP contribution in [0.5, 0.6) is 5.75 Å². The summed E-state index contributed by atoms with van der Waals surface area (Å²) in [5, 5.41) is 19.0. The molecule has 0 bridgehead atoms. The Morgan fingerprint density at radius 1 is 1.07 bits per heavy atom. The van der Waals surface area contributed by atoms with Crippen LogP contribution in [-0.2, 0) is 15.1 Å². The average molecular weight is 438 g/mol. The predicted molar refractivity (Wildman–Crippen MR) is 119 cm³/mol. The van der Waals surface area contributed by atoms with Gasteiger partial charge in [0.05, 0.1) is 18.8 Å². The molecule has 2 N–H and O–H groups in total. The molecule has 30 heavy (non-hydrogen) atoms. The topological polar surface area (TPSA) is 79.2 Å². The predicted octanol–water partition coefficient (Wildman–Crippen LogP) is 3.58. The molecule has 1 fully saturated rings. The van der Waals surface area contributed by atoms with Gasteiger partial charge < -0.3 is 19.7 Å². The molecule has 1 heterocycles. The van der Waals surface area contributed by atoms with E-state index in [0.29, 0.717) is 5.75 Å². The molecule has 0 amide bonds. The first-order chi connectivity index (χ1) is 14.0. The van der Waals surface area contributed by atoms with E-state index in [-0.39, 0.29) is 19.0 Å². The van der Waals surface area contributed by atoms with E-state index in [2.05, 4.69) is 4.90 Å². The zero-order chi connectivity index (χ0) is 21.0. The van der Waals surface area contributed by atoms with Crippen molar-refractivity contribution in [3.8, 4) is 5.75 Å². The van der Waals surface area contributed by atoms with Crippen LogP contribution in [0.2, 0.25) is 0 Å². The summed E-state index contributed by atoms with van der Waals surface area (Å²) in [5.41, 5.74) is 0.334. The minimum Gasteiger partial charge on any atom is -0.482 e. The number of nitrogens with zero attached hydrogens (tertiary/aromatic N) is 1. The molecule has 0 aliphatic carbocycles. The van der Waals surface area contributed by atoms with Crippen molar-refractivity contribution < 1.29 is 24.5 Å². The van der Waals surface area contributed by atoms with Crippen LogP contribution in [0, 0.1) is 0 Å².